The number of rotatable bonds is 5. The second-order valence-electron chi connectivity index (χ2n) is 6.16. The molecule has 2 aliphatic heterocycles. The average molecular weight is 357 g/mol. The van der Waals surface area contributed by atoms with Gasteiger partial charge in [-0.15, -0.1) is 0 Å². The number of nitro groups is 1. The summed E-state index contributed by atoms with van der Waals surface area (Å²) in [5.41, 5.74) is -0.366. The average Bonchev–Trinajstić information content (AvgIpc) is 3.18. The molecule has 0 aromatic carbocycles. The van der Waals surface area contributed by atoms with Crippen molar-refractivity contribution in [1.29, 1.82) is 0 Å². The van der Waals surface area contributed by atoms with Crippen molar-refractivity contribution in [1.82, 2.24) is 9.55 Å². The maximum atomic E-state index is 11.7. The van der Waals surface area contributed by atoms with E-state index < -0.39 is 47.1 Å². The fourth-order valence-corrected chi connectivity index (χ4v) is 3.11. The third-order valence-corrected chi connectivity index (χ3v) is 4.08. The van der Waals surface area contributed by atoms with Crippen molar-refractivity contribution in [3.63, 3.8) is 0 Å². The molecule has 4 atom stereocenters. The second-order valence-corrected chi connectivity index (χ2v) is 6.16. The molecule has 1 aromatic heterocycles. The fraction of sp³-hybridized carbons (Fsp3) is 0.714. The van der Waals surface area contributed by atoms with Crippen LogP contribution in [0.5, 0.6) is 0 Å². The van der Waals surface area contributed by atoms with E-state index in [1.165, 1.54) is 18.0 Å². The van der Waals surface area contributed by atoms with Gasteiger partial charge in [0.2, 0.25) is 5.69 Å². The summed E-state index contributed by atoms with van der Waals surface area (Å²) in [5, 5.41) is 11.4. The Morgan fingerprint density at radius 1 is 1.40 bits per heavy atom. The molecule has 0 amide bonds. The number of esters is 1. The molecule has 138 valence electrons. The van der Waals surface area contributed by atoms with Gasteiger partial charge < -0.3 is 33.8 Å². The van der Waals surface area contributed by atoms with Crippen molar-refractivity contribution in [2.45, 2.75) is 50.8 Å². The summed E-state index contributed by atoms with van der Waals surface area (Å²) in [5.74, 6) is -2.16. The van der Waals surface area contributed by atoms with Gasteiger partial charge in [-0.05, 0) is 18.8 Å². The Morgan fingerprint density at radius 3 is 2.68 bits per heavy atom. The van der Waals surface area contributed by atoms with Crippen LogP contribution < -0.4 is 0 Å². The van der Waals surface area contributed by atoms with Crippen LogP contribution in [0.15, 0.2) is 6.33 Å². The molecule has 11 heteroatoms. The van der Waals surface area contributed by atoms with Crippen molar-refractivity contribution < 1.29 is 33.4 Å². The number of carbonyl (C=O) groups excluding carboxylic acids is 1. The molecule has 0 saturated carbocycles. The topological polar surface area (TPSA) is 124 Å². The number of nitrogens with zero attached hydrogens (tertiary/aromatic N) is 3. The number of carbonyl (C=O) groups is 1. The van der Waals surface area contributed by atoms with E-state index in [-0.39, 0.29) is 12.2 Å². The van der Waals surface area contributed by atoms with Gasteiger partial charge in [0.15, 0.2) is 18.4 Å². The first kappa shape index (κ1) is 17.7. The van der Waals surface area contributed by atoms with Crippen LogP contribution in [0.2, 0.25) is 0 Å². The molecule has 0 N–H and O–H groups in total. The van der Waals surface area contributed by atoms with E-state index in [4.69, 9.17) is 18.9 Å². The first-order valence-electron chi connectivity index (χ1n) is 7.59. The van der Waals surface area contributed by atoms with Gasteiger partial charge in [0.05, 0.1) is 7.11 Å². The van der Waals surface area contributed by atoms with E-state index in [2.05, 4.69) is 9.72 Å². The van der Waals surface area contributed by atoms with E-state index in [1.54, 1.807) is 13.8 Å². The Morgan fingerprint density at radius 2 is 2.08 bits per heavy atom. The summed E-state index contributed by atoms with van der Waals surface area (Å²) in [4.78, 5) is 26.1. The van der Waals surface area contributed by atoms with Gasteiger partial charge in [0, 0.05) is 7.11 Å². The normalized spacial score (nSPS) is 30.2. The number of ether oxygens (including phenoxy) is 5. The van der Waals surface area contributed by atoms with E-state index in [0.29, 0.717) is 0 Å². The molecule has 2 saturated heterocycles. The Balaban J connectivity index is 1.86. The summed E-state index contributed by atoms with van der Waals surface area (Å²) in [6.45, 7) is 3.58. The molecule has 11 nitrogen and oxygen atoms in total. The first-order chi connectivity index (χ1) is 11.8. The van der Waals surface area contributed by atoms with Crippen molar-refractivity contribution >= 4 is 11.8 Å². The molecular formula is C14H19N3O8. The van der Waals surface area contributed by atoms with Crippen LogP contribution in [-0.4, -0.2) is 65.1 Å². The predicted molar refractivity (Wildman–Crippen MR) is 79.7 cm³/mol. The minimum absolute atomic E-state index is 0.0424. The zero-order chi connectivity index (χ0) is 18.4. The molecule has 2 unspecified atom stereocenters. The van der Waals surface area contributed by atoms with E-state index in [9.17, 15) is 14.9 Å². The second kappa shape index (κ2) is 6.33. The van der Waals surface area contributed by atoms with Gasteiger partial charge in [0.25, 0.3) is 0 Å². The lowest BCUT2D eigenvalue weighted by Gasteiger charge is -2.23. The fourth-order valence-electron chi connectivity index (χ4n) is 3.11. The lowest BCUT2D eigenvalue weighted by molar-refractivity contribution is -0.392. The maximum absolute atomic E-state index is 11.7. The lowest BCUT2D eigenvalue weighted by Crippen LogP contribution is -2.33. The SMILES string of the molecule is COC(=O)c1ncn(C[C@H]2O[C@@H](OC)C3OC(C)(C)OC32)c1[N+](=O)[O-]. The van der Waals surface area contributed by atoms with Gasteiger partial charge in [-0.3, -0.25) is 0 Å². The number of aromatic nitrogens is 2. The molecule has 25 heavy (non-hydrogen) atoms. The number of fused-ring (bicyclic) bond motifs is 1. The molecule has 0 radical (unpaired) electrons. The van der Waals surface area contributed by atoms with Crippen molar-refractivity contribution in [3.8, 4) is 0 Å². The van der Waals surface area contributed by atoms with E-state index in [1.807, 2.05) is 0 Å². The molecule has 0 bridgehead atoms. The molecule has 1 aromatic rings. The smallest absolute Gasteiger partial charge is 0.365 e. The standard InChI is InChI=1S/C14H19N3O8/c1-14(2)24-9-7(23-13(22-4)10(9)25-14)5-16-6-15-8(12(18)21-3)11(16)17(19)20/h6-7,9-10,13H,5H2,1-4H3/t7-,9?,10?,13-/m1/s1. The Kier molecular flexibility index (Phi) is 4.49. The van der Waals surface area contributed by atoms with E-state index in [0.717, 1.165) is 7.11 Å². The third-order valence-electron chi connectivity index (χ3n) is 4.08. The van der Waals surface area contributed by atoms with Gasteiger partial charge in [-0.1, -0.05) is 0 Å². The Bertz CT molecular complexity index is 688. The number of methoxy groups -OCH3 is 2. The largest absolute Gasteiger partial charge is 0.464 e. The molecule has 2 aliphatic rings. The van der Waals surface area contributed by atoms with Gasteiger partial charge in [0.1, 0.15) is 24.9 Å². The molecule has 3 rings (SSSR count). The highest BCUT2D eigenvalue weighted by molar-refractivity contribution is 5.90. The summed E-state index contributed by atoms with van der Waals surface area (Å²) >= 11 is 0. The van der Waals surface area contributed by atoms with Crippen LogP contribution in [0.25, 0.3) is 0 Å². The maximum Gasteiger partial charge on any atom is 0.365 e. The molecular weight excluding hydrogens is 338 g/mol. The Hall–Kier alpha value is -2.08. The molecule has 3 heterocycles. The predicted octanol–water partition coefficient (Wildman–Crippen LogP) is 0.469. The van der Waals surface area contributed by atoms with Crippen LogP contribution in [0.4, 0.5) is 5.82 Å². The third kappa shape index (κ3) is 3.11. The number of imidazole rings is 1. The molecule has 2 fully saturated rings. The summed E-state index contributed by atoms with van der Waals surface area (Å²) in [6, 6.07) is 0. The number of hydrogen-bond donors (Lipinski definition) is 0. The first-order valence-corrected chi connectivity index (χ1v) is 7.59. The van der Waals surface area contributed by atoms with Crippen molar-refractivity contribution in [2.75, 3.05) is 14.2 Å². The zero-order valence-corrected chi connectivity index (χ0v) is 14.2. The molecule has 0 spiro atoms. The highest BCUT2D eigenvalue weighted by Crippen LogP contribution is 2.39. The Labute approximate surface area is 142 Å². The quantitative estimate of drug-likeness (QED) is 0.420. The minimum atomic E-state index is -0.882. The number of hydrogen-bond acceptors (Lipinski definition) is 9. The van der Waals surface area contributed by atoms with Gasteiger partial charge in [-0.2, -0.15) is 0 Å². The lowest BCUT2D eigenvalue weighted by atomic mass is 10.1. The van der Waals surface area contributed by atoms with Crippen molar-refractivity contribution in [2.24, 2.45) is 0 Å². The van der Waals surface area contributed by atoms with Crippen molar-refractivity contribution in [3.05, 3.63) is 22.1 Å². The highest BCUT2D eigenvalue weighted by atomic mass is 16.8. The summed E-state index contributed by atoms with van der Waals surface area (Å²) in [6.07, 6.45) is -0.949. The van der Waals surface area contributed by atoms with Crippen LogP contribution in [0, 0.1) is 10.1 Å². The summed E-state index contributed by atoms with van der Waals surface area (Å²) in [7, 11) is 2.61. The van der Waals surface area contributed by atoms with Crippen LogP contribution in [0.1, 0.15) is 24.3 Å². The highest BCUT2D eigenvalue weighted by Gasteiger charge is 2.56. The van der Waals surface area contributed by atoms with Crippen LogP contribution >= 0.6 is 0 Å². The monoisotopic (exact) mass is 357 g/mol. The van der Waals surface area contributed by atoms with Gasteiger partial charge in [-0.25, -0.2) is 14.3 Å². The zero-order valence-electron chi connectivity index (χ0n) is 14.2. The minimum Gasteiger partial charge on any atom is -0.464 e. The summed E-state index contributed by atoms with van der Waals surface area (Å²) < 4.78 is 28.4. The van der Waals surface area contributed by atoms with Gasteiger partial charge >= 0.3 is 11.8 Å². The molecule has 0 aliphatic carbocycles. The van der Waals surface area contributed by atoms with Crippen LogP contribution in [0.3, 0.4) is 0 Å². The van der Waals surface area contributed by atoms with E-state index >= 15 is 0 Å². The van der Waals surface area contributed by atoms with Crippen LogP contribution in [-0.2, 0) is 30.2 Å².